The maximum Gasteiger partial charge on any atom is 0.0430 e. The number of allylic oxidation sites excluding steroid dienone is 1. The first-order chi connectivity index (χ1) is 3.31. The Bertz CT molecular complexity index is 57.2. The van der Waals surface area contributed by atoms with Gasteiger partial charge < -0.3 is 0 Å². The van der Waals surface area contributed by atoms with Crippen LogP contribution in [0, 0.1) is 0 Å². The van der Waals surface area contributed by atoms with Gasteiger partial charge in [-0.1, -0.05) is 25.5 Å². The third-order valence-electron chi connectivity index (χ3n) is 0.793. The molecule has 0 aliphatic heterocycles. The second kappa shape index (κ2) is 4.20. The summed E-state index contributed by atoms with van der Waals surface area (Å²) in [6.07, 6.45) is 2.23. The topological polar surface area (TPSA) is 0 Å². The fourth-order valence-corrected chi connectivity index (χ4v) is 0.554. The summed E-state index contributed by atoms with van der Waals surface area (Å²) in [6, 6.07) is 0. The third-order valence-corrected chi connectivity index (χ3v) is 1.17. The van der Waals surface area contributed by atoms with Gasteiger partial charge in [0.25, 0.3) is 0 Å². The molecule has 0 fully saturated rings. The lowest BCUT2D eigenvalue weighted by Crippen LogP contribution is -1.78. The summed E-state index contributed by atoms with van der Waals surface area (Å²) < 4.78 is 0. The van der Waals surface area contributed by atoms with E-state index in [1.165, 1.54) is 0 Å². The first-order valence-corrected chi connectivity index (χ1v) is 3.07. The highest BCUT2D eigenvalue weighted by Crippen LogP contribution is 2.01. The molecule has 0 spiro atoms. The van der Waals surface area contributed by atoms with E-state index in [9.17, 15) is 0 Å². The molecule has 0 unspecified atom stereocenters. The van der Waals surface area contributed by atoms with Gasteiger partial charge in [-0.25, -0.2) is 0 Å². The predicted molar refractivity (Wildman–Crippen MR) is 34.8 cm³/mol. The number of halogens is 1. The number of alkyl halides is 1. The standard InChI is InChI=1S/C6H11Cl/c1-3-4-6(2)5-7/h2-5H2,1H3. The first-order valence-electron chi connectivity index (χ1n) is 2.54. The highest BCUT2D eigenvalue weighted by Gasteiger charge is 1.85. The van der Waals surface area contributed by atoms with Crippen molar-refractivity contribution in [1.29, 1.82) is 0 Å². The number of rotatable bonds is 3. The highest BCUT2D eigenvalue weighted by atomic mass is 35.5. The lowest BCUT2D eigenvalue weighted by molar-refractivity contribution is 0.911. The SMILES string of the molecule is C=C(CCl)CCC. The lowest BCUT2D eigenvalue weighted by atomic mass is 10.2. The van der Waals surface area contributed by atoms with Gasteiger partial charge in [-0.2, -0.15) is 0 Å². The molecule has 42 valence electrons. The Morgan fingerprint density at radius 3 is 2.43 bits per heavy atom. The molecule has 0 saturated heterocycles. The molecule has 1 heteroatoms. The van der Waals surface area contributed by atoms with Gasteiger partial charge in [-0.3, -0.25) is 0 Å². The van der Waals surface area contributed by atoms with Crippen LogP contribution in [0.4, 0.5) is 0 Å². The molecule has 0 aliphatic carbocycles. The van der Waals surface area contributed by atoms with Gasteiger partial charge in [0.2, 0.25) is 0 Å². The van der Waals surface area contributed by atoms with Crippen molar-refractivity contribution < 1.29 is 0 Å². The van der Waals surface area contributed by atoms with Crippen LogP contribution >= 0.6 is 11.6 Å². The molecule has 0 atom stereocenters. The van der Waals surface area contributed by atoms with Crippen molar-refractivity contribution in [3.05, 3.63) is 12.2 Å². The third kappa shape index (κ3) is 3.87. The minimum Gasteiger partial charge on any atom is -0.122 e. The zero-order valence-electron chi connectivity index (χ0n) is 4.71. The van der Waals surface area contributed by atoms with Gasteiger partial charge in [0.15, 0.2) is 0 Å². The summed E-state index contributed by atoms with van der Waals surface area (Å²) in [5.74, 6) is 0.619. The smallest absolute Gasteiger partial charge is 0.0430 e. The van der Waals surface area contributed by atoms with Crippen molar-refractivity contribution >= 4 is 11.6 Å². The number of hydrogen-bond donors (Lipinski definition) is 0. The fraction of sp³-hybridized carbons (Fsp3) is 0.667. The Balaban J connectivity index is 3.00. The van der Waals surface area contributed by atoms with Gasteiger partial charge in [0.05, 0.1) is 0 Å². The Morgan fingerprint density at radius 1 is 1.71 bits per heavy atom. The molecular weight excluding hydrogens is 108 g/mol. The van der Waals surface area contributed by atoms with Gasteiger partial charge in [-0.15, -0.1) is 11.6 Å². The summed E-state index contributed by atoms with van der Waals surface area (Å²) in [6.45, 7) is 5.85. The second-order valence-electron chi connectivity index (χ2n) is 1.63. The Labute approximate surface area is 50.2 Å². The van der Waals surface area contributed by atoms with Gasteiger partial charge in [0, 0.05) is 5.88 Å². The van der Waals surface area contributed by atoms with Crippen LogP contribution in [0.25, 0.3) is 0 Å². The molecule has 0 rings (SSSR count). The first kappa shape index (κ1) is 7.03. The molecule has 7 heavy (non-hydrogen) atoms. The Hall–Kier alpha value is 0.0300. The maximum atomic E-state index is 5.43. The van der Waals surface area contributed by atoms with E-state index in [2.05, 4.69) is 13.5 Å². The lowest BCUT2D eigenvalue weighted by Gasteiger charge is -1.92. The zero-order chi connectivity index (χ0) is 5.70. The van der Waals surface area contributed by atoms with Crippen LogP contribution in [0.1, 0.15) is 19.8 Å². The second-order valence-corrected chi connectivity index (χ2v) is 1.90. The van der Waals surface area contributed by atoms with Crippen molar-refractivity contribution in [3.8, 4) is 0 Å². The van der Waals surface area contributed by atoms with E-state index in [0.29, 0.717) is 5.88 Å². The minimum absolute atomic E-state index is 0.619. The summed E-state index contributed by atoms with van der Waals surface area (Å²) in [5.41, 5.74) is 1.14. The highest BCUT2D eigenvalue weighted by molar-refractivity contribution is 6.19. The van der Waals surface area contributed by atoms with E-state index in [4.69, 9.17) is 11.6 Å². The predicted octanol–water partition coefficient (Wildman–Crippen LogP) is 2.58. The molecule has 0 aliphatic rings. The van der Waals surface area contributed by atoms with E-state index >= 15 is 0 Å². The molecule has 0 amide bonds. The largest absolute Gasteiger partial charge is 0.122 e. The molecule has 0 aromatic rings. The summed E-state index contributed by atoms with van der Waals surface area (Å²) >= 11 is 5.43. The normalized spacial score (nSPS) is 8.86. The van der Waals surface area contributed by atoms with E-state index in [1.54, 1.807) is 0 Å². The molecule has 0 bridgehead atoms. The summed E-state index contributed by atoms with van der Waals surface area (Å²) in [4.78, 5) is 0. The molecular formula is C6H11Cl. The van der Waals surface area contributed by atoms with Crippen LogP contribution in [0.5, 0.6) is 0 Å². The fourth-order valence-electron chi connectivity index (χ4n) is 0.420. The minimum atomic E-state index is 0.619. The maximum absolute atomic E-state index is 5.43. The molecule has 0 radical (unpaired) electrons. The van der Waals surface area contributed by atoms with Crippen LogP contribution in [0.3, 0.4) is 0 Å². The van der Waals surface area contributed by atoms with Gasteiger partial charge in [0.1, 0.15) is 0 Å². The summed E-state index contributed by atoms with van der Waals surface area (Å²) in [7, 11) is 0. The van der Waals surface area contributed by atoms with Gasteiger partial charge >= 0.3 is 0 Å². The molecule has 0 aromatic carbocycles. The van der Waals surface area contributed by atoms with Crippen LogP contribution in [0.15, 0.2) is 12.2 Å². The number of hydrogen-bond acceptors (Lipinski definition) is 0. The van der Waals surface area contributed by atoms with Crippen LogP contribution in [0.2, 0.25) is 0 Å². The molecule has 0 heterocycles. The van der Waals surface area contributed by atoms with E-state index < -0.39 is 0 Å². The van der Waals surface area contributed by atoms with Crippen molar-refractivity contribution in [1.82, 2.24) is 0 Å². The monoisotopic (exact) mass is 118 g/mol. The zero-order valence-corrected chi connectivity index (χ0v) is 5.46. The van der Waals surface area contributed by atoms with Crippen molar-refractivity contribution in [2.45, 2.75) is 19.8 Å². The summed E-state index contributed by atoms with van der Waals surface area (Å²) in [5, 5.41) is 0. The van der Waals surface area contributed by atoms with Crippen LogP contribution in [-0.2, 0) is 0 Å². The molecule has 0 N–H and O–H groups in total. The van der Waals surface area contributed by atoms with Crippen molar-refractivity contribution in [2.75, 3.05) is 5.88 Å². The van der Waals surface area contributed by atoms with Crippen LogP contribution in [-0.4, -0.2) is 5.88 Å². The Kier molecular flexibility index (Phi) is 4.21. The average molecular weight is 119 g/mol. The molecule has 0 nitrogen and oxygen atoms in total. The van der Waals surface area contributed by atoms with Crippen molar-refractivity contribution in [2.24, 2.45) is 0 Å². The van der Waals surface area contributed by atoms with E-state index in [0.717, 1.165) is 18.4 Å². The quantitative estimate of drug-likeness (QED) is 0.395. The van der Waals surface area contributed by atoms with Gasteiger partial charge in [-0.05, 0) is 6.42 Å². The Morgan fingerprint density at radius 2 is 2.29 bits per heavy atom. The molecule has 0 aromatic heterocycles. The van der Waals surface area contributed by atoms with E-state index in [1.807, 2.05) is 0 Å². The van der Waals surface area contributed by atoms with E-state index in [-0.39, 0.29) is 0 Å². The average Bonchev–Trinajstić information content (AvgIpc) is 1.68. The van der Waals surface area contributed by atoms with Crippen LogP contribution < -0.4 is 0 Å². The molecule has 0 saturated carbocycles. The van der Waals surface area contributed by atoms with Crippen molar-refractivity contribution in [3.63, 3.8) is 0 Å².